The minimum absolute atomic E-state index is 0.423. The van der Waals surface area contributed by atoms with Gasteiger partial charge in [-0.05, 0) is 32.7 Å². The summed E-state index contributed by atoms with van der Waals surface area (Å²) in [5.41, 5.74) is 0. The molecular weight excluding hydrogens is 178 g/mol. The van der Waals surface area contributed by atoms with Crippen LogP contribution < -0.4 is 0 Å². The van der Waals surface area contributed by atoms with Crippen molar-refractivity contribution >= 4 is 0 Å². The molecule has 0 unspecified atom stereocenters. The highest BCUT2D eigenvalue weighted by Gasteiger charge is 2.39. The van der Waals surface area contributed by atoms with E-state index in [0.717, 1.165) is 25.3 Å². The lowest BCUT2D eigenvalue weighted by atomic mass is 10.0. The van der Waals surface area contributed by atoms with Crippen LogP contribution in [0.1, 0.15) is 25.7 Å². The van der Waals surface area contributed by atoms with Gasteiger partial charge in [-0.15, -0.1) is 0 Å². The smallest absolute Gasteiger partial charge is 0.104 e. The van der Waals surface area contributed by atoms with Crippen molar-refractivity contribution < 1.29 is 9.47 Å². The highest BCUT2D eigenvalue weighted by Crippen LogP contribution is 2.35. The van der Waals surface area contributed by atoms with E-state index in [0.29, 0.717) is 12.2 Å². The molecule has 0 spiro atoms. The highest BCUT2D eigenvalue weighted by atomic mass is 16.6. The number of hydrogen-bond acceptors (Lipinski definition) is 3. The molecular formula is C11H19NO2. The minimum Gasteiger partial charge on any atom is -0.375 e. The summed E-state index contributed by atoms with van der Waals surface area (Å²) in [4.78, 5) is 2.55. The topological polar surface area (TPSA) is 25.0 Å². The third-order valence-corrected chi connectivity index (χ3v) is 3.98. The molecule has 80 valence electrons. The molecule has 3 aliphatic heterocycles. The van der Waals surface area contributed by atoms with Gasteiger partial charge < -0.3 is 14.4 Å². The Morgan fingerprint density at radius 1 is 1.29 bits per heavy atom. The molecule has 3 heterocycles. The summed E-state index contributed by atoms with van der Waals surface area (Å²) >= 11 is 0. The van der Waals surface area contributed by atoms with Gasteiger partial charge >= 0.3 is 0 Å². The van der Waals surface area contributed by atoms with Gasteiger partial charge in [0, 0.05) is 12.1 Å². The van der Waals surface area contributed by atoms with Gasteiger partial charge in [0.2, 0.25) is 0 Å². The SMILES string of the molecule is CN1[C@H]2CC[C@H]1CC(OC[C@@H]1CO1)C2. The van der Waals surface area contributed by atoms with E-state index < -0.39 is 0 Å². The van der Waals surface area contributed by atoms with Crippen molar-refractivity contribution in [1.82, 2.24) is 4.90 Å². The summed E-state index contributed by atoms with van der Waals surface area (Å²) in [5.74, 6) is 0. The van der Waals surface area contributed by atoms with Crippen LogP contribution in [0.2, 0.25) is 0 Å². The molecule has 3 fully saturated rings. The van der Waals surface area contributed by atoms with Crippen LogP contribution in [-0.4, -0.2) is 49.5 Å². The lowest BCUT2D eigenvalue weighted by Gasteiger charge is -2.36. The molecule has 0 radical (unpaired) electrons. The van der Waals surface area contributed by atoms with Gasteiger partial charge in [-0.1, -0.05) is 0 Å². The molecule has 0 amide bonds. The summed E-state index contributed by atoms with van der Waals surface area (Å²) < 4.78 is 11.0. The van der Waals surface area contributed by atoms with E-state index in [9.17, 15) is 0 Å². The Labute approximate surface area is 85.4 Å². The average molecular weight is 197 g/mol. The Hall–Kier alpha value is -0.120. The van der Waals surface area contributed by atoms with Crippen molar-refractivity contribution in [3.05, 3.63) is 0 Å². The molecule has 3 aliphatic rings. The molecule has 14 heavy (non-hydrogen) atoms. The second-order valence-corrected chi connectivity index (χ2v) is 4.93. The van der Waals surface area contributed by atoms with Crippen LogP contribution in [0.15, 0.2) is 0 Å². The zero-order valence-corrected chi connectivity index (χ0v) is 8.82. The maximum absolute atomic E-state index is 5.88. The molecule has 0 aliphatic carbocycles. The Morgan fingerprint density at radius 2 is 1.93 bits per heavy atom. The van der Waals surface area contributed by atoms with Gasteiger partial charge in [0.1, 0.15) is 6.10 Å². The molecule has 0 aromatic heterocycles. The van der Waals surface area contributed by atoms with Crippen molar-refractivity contribution in [3.63, 3.8) is 0 Å². The normalized spacial score (nSPS) is 46.9. The minimum atomic E-state index is 0.423. The number of hydrogen-bond donors (Lipinski definition) is 0. The maximum Gasteiger partial charge on any atom is 0.104 e. The fraction of sp³-hybridized carbons (Fsp3) is 1.00. The number of epoxide rings is 1. The Morgan fingerprint density at radius 3 is 2.50 bits per heavy atom. The standard InChI is InChI=1S/C11H19NO2/c1-12-8-2-3-9(12)5-10(4-8)13-6-11-7-14-11/h8-11H,2-7H2,1H3/t8-,9-,11+/m0/s1. The number of nitrogens with zero attached hydrogens (tertiary/aromatic N) is 1. The van der Waals surface area contributed by atoms with Crippen LogP contribution >= 0.6 is 0 Å². The summed E-state index contributed by atoms with van der Waals surface area (Å²) in [6.07, 6.45) is 6.15. The number of ether oxygens (including phenoxy) is 2. The monoisotopic (exact) mass is 197 g/mol. The third kappa shape index (κ3) is 1.69. The van der Waals surface area contributed by atoms with Crippen molar-refractivity contribution in [2.45, 2.75) is 50.0 Å². The largest absolute Gasteiger partial charge is 0.375 e. The van der Waals surface area contributed by atoms with Gasteiger partial charge in [0.25, 0.3) is 0 Å². The number of piperidine rings is 1. The highest BCUT2D eigenvalue weighted by molar-refractivity contribution is 4.94. The van der Waals surface area contributed by atoms with Gasteiger partial charge in [0.05, 0.1) is 19.3 Å². The number of rotatable bonds is 3. The van der Waals surface area contributed by atoms with E-state index in [1.54, 1.807) is 0 Å². The van der Waals surface area contributed by atoms with E-state index >= 15 is 0 Å². The van der Waals surface area contributed by atoms with E-state index in [4.69, 9.17) is 9.47 Å². The van der Waals surface area contributed by atoms with Gasteiger partial charge in [0.15, 0.2) is 0 Å². The Balaban J connectivity index is 1.51. The zero-order valence-electron chi connectivity index (χ0n) is 8.82. The van der Waals surface area contributed by atoms with Crippen LogP contribution in [0.5, 0.6) is 0 Å². The summed E-state index contributed by atoms with van der Waals surface area (Å²) in [5, 5.41) is 0. The molecule has 0 aromatic rings. The second-order valence-electron chi connectivity index (χ2n) is 4.93. The zero-order chi connectivity index (χ0) is 9.54. The van der Waals surface area contributed by atoms with E-state index in [1.165, 1.54) is 25.7 Å². The van der Waals surface area contributed by atoms with Crippen LogP contribution in [0, 0.1) is 0 Å². The van der Waals surface area contributed by atoms with E-state index in [-0.39, 0.29) is 0 Å². The van der Waals surface area contributed by atoms with E-state index in [2.05, 4.69) is 11.9 Å². The second kappa shape index (κ2) is 3.47. The van der Waals surface area contributed by atoms with Gasteiger partial charge in [-0.3, -0.25) is 0 Å². The average Bonchev–Trinajstić information content (AvgIpc) is 2.97. The fourth-order valence-electron chi connectivity index (χ4n) is 2.91. The first-order valence-corrected chi connectivity index (χ1v) is 5.78. The summed E-state index contributed by atoms with van der Waals surface area (Å²) in [7, 11) is 2.27. The van der Waals surface area contributed by atoms with E-state index in [1.807, 2.05) is 0 Å². The summed E-state index contributed by atoms with van der Waals surface area (Å²) in [6, 6.07) is 1.58. The lowest BCUT2D eigenvalue weighted by Crippen LogP contribution is -2.43. The van der Waals surface area contributed by atoms with Crippen molar-refractivity contribution in [2.24, 2.45) is 0 Å². The molecule has 2 bridgehead atoms. The van der Waals surface area contributed by atoms with Gasteiger partial charge in [-0.25, -0.2) is 0 Å². The predicted molar refractivity (Wildman–Crippen MR) is 53.3 cm³/mol. The van der Waals surface area contributed by atoms with Crippen LogP contribution in [0.25, 0.3) is 0 Å². The lowest BCUT2D eigenvalue weighted by molar-refractivity contribution is -0.0175. The molecule has 3 saturated heterocycles. The Bertz CT molecular complexity index is 203. The number of fused-ring (bicyclic) bond motifs is 2. The first kappa shape index (κ1) is 9.13. The van der Waals surface area contributed by atoms with Crippen LogP contribution in [0.3, 0.4) is 0 Å². The van der Waals surface area contributed by atoms with Gasteiger partial charge in [-0.2, -0.15) is 0 Å². The molecule has 3 nitrogen and oxygen atoms in total. The fourth-order valence-corrected chi connectivity index (χ4v) is 2.91. The molecule has 3 heteroatoms. The molecule has 0 saturated carbocycles. The quantitative estimate of drug-likeness (QED) is 0.632. The van der Waals surface area contributed by atoms with Crippen LogP contribution in [-0.2, 0) is 9.47 Å². The Kier molecular flexibility index (Phi) is 2.26. The molecule has 3 atom stereocenters. The predicted octanol–water partition coefficient (Wildman–Crippen LogP) is 1.03. The maximum atomic E-state index is 5.88. The van der Waals surface area contributed by atoms with Crippen molar-refractivity contribution in [1.29, 1.82) is 0 Å². The molecule has 0 aromatic carbocycles. The first-order chi connectivity index (χ1) is 6.83. The summed E-state index contributed by atoms with van der Waals surface area (Å²) in [6.45, 7) is 1.74. The van der Waals surface area contributed by atoms with Crippen molar-refractivity contribution in [3.8, 4) is 0 Å². The van der Waals surface area contributed by atoms with Crippen LogP contribution in [0.4, 0.5) is 0 Å². The third-order valence-electron chi connectivity index (χ3n) is 3.98. The van der Waals surface area contributed by atoms with Crippen molar-refractivity contribution in [2.75, 3.05) is 20.3 Å². The molecule has 3 rings (SSSR count). The first-order valence-electron chi connectivity index (χ1n) is 5.78. The molecule has 0 N–H and O–H groups in total.